The first kappa shape index (κ1) is 24.7. The zero-order valence-corrected chi connectivity index (χ0v) is 19.5. The molecular weight excluding hydrogens is 445 g/mol. The highest BCUT2D eigenvalue weighted by molar-refractivity contribution is 7.93. The molecule has 0 aliphatic heterocycles. The SMILES string of the molecule is Cc1nc(C(=O)N[C@H](C)/C=C/S(C)(=O)=O)ncc1O[C@@H](c1cccc(F)c1Cl)C(C)C. The molecule has 1 aromatic heterocycles. The van der Waals surface area contributed by atoms with Crippen LogP contribution in [0, 0.1) is 18.7 Å². The van der Waals surface area contributed by atoms with Gasteiger partial charge in [0.1, 0.15) is 11.9 Å². The number of halogens is 2. The lowest BCUT2D eigenvalue weighted by atomic mass is 9.98. The number of aromatic nitrogens is 2. The van der Waals surface area contributed by atoms with E-state index in [1.54, 1.807) is 26.0 Å². The van der Waals surface area contributed by atoms with Crippen LogP contribution in [0.1, 0.15) is 48.8 Å². The number of nitrogens with one attached hydrogen (secondary N) is 1. The maximum Gasteiger partial charge on any atom is 0.289 e. The first-order chi connectivity index (χ1) is 14.4. The van der Waals surface area contributed by atoms with Crippen molar-refractivity contribution in [2.45, 2.75) is 39.8 Å². The summed E-state index contributed by atoms with van der Waals surface area (Å²) < 4.78 is 42.3. The van der Waals surface area contributed by atoms with Gasteiger partial charge in [0.05, 0.1) is 16.9 Å². The zero-order valence-electron chi connectivity index (χ0n) is 17.9. The molecule has 7 nitrogen and oxygen atoms in total. The smallest absolute Gasteiger partial charge is 0.289 e. The van der Waals surface area contributed by atoms with Crippen LogP contribution in [0.5, 0.6) is 5.75 Å². The van der Waals surface area contributed by atoms with Gasteiger partial charge in [-0.15, -0.1) is 0 Å². The Morgan fingerprint density at radius 1 is 1.29 bits per heavy atom. The Morgan fingerprint density at radius 3 is 2.55 bits per heavy atom. The van der Waals surface area contributed by atoms with Gasteiger partial charge in [0.25, 0.3) is 5.91 Å². The quantitative estimate of drug-likeness (QED) is 0.626. The Morgan fingerprint density at radius 2 is 1.97 bits per heavy atom. The van der Waals surface area contributed by atoms with Gasteiger partial charge >= 0.3 is 0 Å². The molecule has 2 atom stereocenters. The topological polar surface area (TPSA) is 98.2 Å². The number of carbonyl (C=O) groups is 1. The minimum Gasteiger partial charge on any atom is -0.482 e. The average Bonchev–Trinajstić information content (AvgIpc) is 2.67. The molecule has 0 aliphatic rings. The lowest BCUT2D eigenvalue weighted by Gasteiger charge is -2.24. The summed E-state index contributed by atoms with van der Waals surface area (Å²) in [4.78, 5) is 20.6. The number of nitrogens with zero attached hydrogens (tertiary/aromatic N) is 2. The second kappa shape index (κ2) is 10.2. The molecular formula is C21H25ClFN3O4S. The van der Waals surface area contributed by atoms with Gasteiger partial charge < -0.3 is 10.1 Å². The summed E-state index contributed by atoms with van der Waals surface area (Å²) >= 11 is 6.12. The van der Waals surface area contributed by atoms with E-state index in [0.717, 1.165) is 11.7 Å². The Hall–Kier alpha value is -2.52. The van der Waals surface area contributed by atoms with Gasteiger partial charge in [0.2, 0.25) is 5.82 Å². The fourth-order valence-electron chi connectivity index (χ4n) is 2.70. The zero-order chi connectivity index (χ0) is 23.3. The fraction of sp³-hybridized carbons (Fsp3) is 0.381. The molecule has 1 N–H and O–H groups in total. The molecule has 0 aliphatic carbocycles. The van der Waals surface area contributed by atoms with Gasteiger partial charge in [0.15, 0.2) is 15.6 Å². The highest BCUT2D eigenvalue weighted by Crippen LogP contribution is 2.34. The van der Waals surface area contributed by atoms with Gasteiger partial charge in [-0.25, -0.2) is 22.8 Å². The minimum absolute atomic E-state index is 0.00750. The second-order valence-electron chi connectivity index (χ2n) is 7.49. The molecule has 0 spiro atoms. The van der Waals surface area contributed by atoms with Gasteiger partial charge in [-0.05, 0) is 25.8 Å². The van der Waals surface area contributed by atoms with Crippen molar-refractivity contribution in [2.24, 2.45) is 5.92 Å². The number of ether oxygens (including phenoxy) is 1. The first-order valence-electron chi connectivity index (χ1n) is 9.52. The van der Waals surface area contributed by atoms with Crippen LogP contribution >= 0.6 is 11.6 Å². The number of hydrogen-bond donors (Lipinski definition) is 1. The van der Waals surface area contributed by atoms with E-state index in [1.807, 2.05) is 13.8 Å². The predicted octanol–water partition coefficient (Wildman–Crippen LogP) is 4.03. The summed E-state index contributed by atoms with van der Waals surface area (Å²) in [6.45, 7) is 7.11. The Bertz CT molecular complexity index is 1090. The molecule has 0 fully saturated rings. The van der Waals surface area contributed by atoms with Crippen molar-refractivity contribution in [3.63, 3.8) is 0 Å². The molecule has 168 valence electrons. The van der Waals surface area contributed by atoms with Crippen LogP contribution in [-0.4, -0.2) is 36.6 Å². The largest absolute Gasteiger partial charge is 0.482 e. The number of benzene rings is 1. The summed E-state index contributed by atoms with van der Waals surface area (Å²) in [6, 6.07) is 3.99. The first-order valence-corrected chi connectivity index (χ1v) is 11.9. The number of aryl methyl sites for hydroxylation is 1. The van der Waals surface area contributed by atoms with E-state index < -0.39 is 33.7 Å². The molecule has 0 bridgehead atoms. The molecule has 1 aromatic carbocycles. The van der Waals surface area contributed by atoms with Crippen molar-refractivity contribution in [2.75, 3.05) is 6.26 Å². The van der Waals surface area contributed by atoms with E-state index in [1.165, 1.54) is 18.3 Å². The molecule has 0 saturated heterocycles. The molecule has 0 radical (unpaired) electrons. The Kier molecular flexibility index (Phi) is 8.14. The maximum absolute atomic E-state index is 13.9. The number of carbonyl (C=O) groups excluding carboxylic acids is 1. The molecule has 31 heavy (non-hydrogen) atoms. The summed E-state index contributed by atoms with van der Waals surface area (Å²) in [6.07, 6.45) is 3.24. The third kappa shape index (κ3) is 7.00. The van der Waals surface area contributed by atoms with E-state index >= 15 is 0 Å². The summed E-state index contributed by atoms with van der Waals surface area (Å²) in [7, 11) is -3.29. The summed E-state index contributed by atoms with van der Waals surface area (Å²) in [5.41, 5.74) is 0.919. The number of hydrogen-bond acceptors (Lipinski definition) is 6. The van der Waals surface area contributed by atoms with Crippen molar-refractivity contribution in [3.8, 4) is 5.75 Å². The Balaban J connectivity index is 2.20. The van der Waals surface area contributed by atoms with E-state index in [4.69, 9.17) is 16.3 Å². The van der Waals surface area contributed by atoms with E-state index in [2.05, 4.69) is 15.3 Å². The standard InChI is InChI=1S/C21H25ClFN3O4S/c1-12(2)19(15-7-6-8-16(23)18(15)22)30-17-11-24-20(26-14(17)4)21(27)25-13(3)9-10-31(5,28)29/h6-13,19H,1-5H3,(H,25,27)/b10-9+/t13-,19-/m1/s1. The molecule has 2 rings (SSSR count). The van der Waals surface area contributed by atoms with E-state index in [-0.39, 0.29) is 16.8 Å². The van der Waals surface area contributed by atoms with Crippen LogP contribution in [0.25, 0.3) is 0 Å². The van der Waals surface area contributed by atoms with Crippen LogP contribution in [-0.2, 0) is 9.84 Å². The summed E-state index contributed by atoms with van der Waals surface area (Å²) in [5, 5.41) is 3.61. The highest BCUT2D eigenvalue weighted by atomic mass is 35.5. The van der Waals surface area contributed by atoms with Gasteiger partial charge in [-0.2, -0.15) is 0 Å². The normalized spacial score (nSPS) is 13.9. The predicted molar refractivity (Wildman–Crippen MR) is 117 cm³/mol. The van der Waals surface area contributed by atoms with Crippen molar-refractivity contribution >= 4 is 27.3 Å². The van der Waals surface area contributed by atoms with Gasteiger partial charge in [-0.1, -0.05) is 43.7 Å². The van der Waals surface area contributed by atoms with Crippen molar-refractivity contribution in [3.05, 3.63) is 63.8 Å². The van der Waals surface area contributed by atoms with Gasteiger partial charge in [0, 0.05) is 23.3 Å². The third-order valence-electron chi connectivity index (χ3n) is 4.26. The number of sulfone groups is 1. The lowest BCUT2D eigenvalue weighted by Crippen LogP contribution is -2.32. The maximum atomic E-state index is 13.9. The molecule has 2 aromatic rings. The van der Waals surface area contributed by atoms with Crippen LogP contribution in [0.15, 0.2) is 35.9 Å². The third-order valence-corrected chi connectivity index (χ3v) is 5.31. The van der Waals surface area contributed by atoms with Crippen molar-refractivity contribution < 1.29 is 22.3 Å². The molecule has 1 heterocycles. The monoisotopic (exact) mass is 469 g/mol. The van der Waals surface area contributed by atoms with Crippen LogP contribution < -0.4 is 10.1 Å². The van der Waals surface area contributed by atoms with Crippen LogP contribution in [0.4, 0.5) is 4.39 Å². The van der Waals surface area contributed by atoms with Crippen LogP contribution in [0.3, 0.4) is 0 Å². The van der Waals surface area contributed by atoms with E-state index in [0.29, 0.717) is 17.0 Å². The molecule has 1 amide bonds. The van der Waals surface area contributed by atoms with Gasteiger partial charge in [-0.3, -0.25) is 4.79 Å². The summed E-state index contributed by atoms with van der Waals surface area (Å²) in [5.74, 6) is -0.888. The number of amides is 1. The Labute approximate surface area is 186 Å². The molecule has 0 saturated carbocycles. The molecule has 10 heteroatoms. The van der Waals surface area contributed by atoms with Crippen molar-refractivity contribution in [1.82, 2.24) is 15.3 Å². The minimum atomic E-state index is -3.29. The second-order valence-corrected chi connectivity index (χ2v) is 9.80. The molecule has 0 unspecified atom stereocenters. The van der Waals surface area contributed by atoms with E-state index in [9.17, 15) is 17.6 Å². The number of rotatable bonds is 8. The van der Waals surface area contributed by atoms with Crippen molar-refractivity contribution in [1.29, 1.82) is 0 Å². The highest BCUT2D eigenvalue weighted by Gasteiger charge is 2.24. The lowest BCUT2D eigenvalue weighted by molar-refractivity contribution is 0.0935. The van der Waals surface area contributed by atoms with Crippen LogP contribution in [0.2, 0.25) is 5.02 Å². The average molecular weight is 470 g/mol. The fourth-order valence-corrected chi connectivity index (χ4v) is 3.45.